The third kappa shape index (κ3) is 8.08. The van der Waals surface area contributed by atoms with Gasteiger partial charge >= 0.3 is 0 Å². The molecule has 174 valence electrons. The quantitative estimate of drug-likeness (QED) is 0.460. The molecule has 7 heteroatoms. The maximum atomic E-state index is 13.1. The first kappa shape index (κ1) is 25.5. The summed E-state index contributed by atoms with van der Waals surface area (Å²) in [6, 6.07) is 14.1. The second kappa shape index (κ2) is 13.0. The fourth-order valence-electron chi connectivity index (χ4n) is 3.11. The molecule has 0 spiro atoms. The molecular formula is C25H33ClN2O4. The highest BCUT2D eigenvalue weighted by atomic mass is 35.5. The zero-order chi connectivity index (χ0) is 23.5. The van der Waals surface area contributed by atoms with Crippen molar-refractivity contribution in [2.75, 3.05) is 13.7 Å². The van der Waals surface area contributed by atoms with Gasteiger partial charge in [-0.25, -0.2) is 0 Å². The van der Waals surface area contributed by atoms with Crippen LogP contribution in [-0.4, -0.2) is 42.5 Å². The lowest BCUT2D eigenvalue weighted by atomic mass is 10.1. The molecule has 0 aliphatic heterocycles. The fourth-order valence-corrected chi connectivity index (χ4v) is 3.32. The van der Waals surface area contributed by atoms with Crippen LogP contribution in [0.25, 0.3) is 0 Å². The smallest absolute Gasteiger partial charge is 0.242 e. The van der Waals surface area contributed by atoms with Crippen LogP contribution in [0.2, 0.25) is 5.02 Å². The molecule has 0 radical (unpaired) electrons. The first-order valence-corrected chi connectivity index (χ1v) is 11.3. The van der Waals surface area contributed by atoms with Crippen molar-refractivity contribution in [1.29, 1.82) is 0 Å². The van der Waals surface area contributed by atoms with Crippen molar-refractivity contribution >= 4 is 23.4 Å². The Morgan fingerprint density at radius 1 is 1.09 bits per heavy atom. The Morgan fingerprint density at radius 2 is 1.78 bits per heavy atom. The summed E-state index contributed by atoms with van der Waals surface area (Å²) in [5.41, 5.74) is 0.878. The van der Waals surface area contributed by atoms with Crippen molar-refractivity contribution < 1.29 is 19.1 Å². The molecule has 2 rings (SSSR count). The molecule has 0 saturated heterocycles. The van der Waals surface area contributed by atoms with Crippen LogP contribution < -0.4 is 14.8 Å². The topological polar surface area (TPSA) is 67.9 Å². The highest BCUT2D eigenvalue weighted by Crippen LogP contribution is 2.18. The van der Waals surface area contributed by atoms with Gasteiger partial charge in [-0.1, -0.05) is 30.7 Å². The summed E-state index contributed by atoms with van der Waals surface area (Å²) in [7, 11) is 1.61. The van der Waals surface area contributed by atoms with Crippen molar-refractivity contribution in [1.82, 2.24) is 10.2 Å². The predicted molar refractivity (Wildman–Crippen MR) is 127 cm³/mol. The fraction of sp³-hybridized carbons (Fsp3) is 0.440. The van der Waals surface area contributed by atoms with Crippen LogP contribution in [0.3, 0.4) is 0 Å². The molecule has 32 heavy (non-hydrogen) atoms. The van der Waals surface area contributed by atoms with Gasteiger partial charge < -0.3 is 19.7 Å². The Hall–Kier alpha value is -2.73. The van der Waals surface area contributed by atoms with Gasteiger partial charge in [-0.3, -0.25) is 9.59 Å². The number of carbonyl (C=O) groups excluding carboxylic acids is 2. The molecule has 2 aromatic carbocycles. The zero-order valence-electron chi connectivity index (χ0n) is 19.3. The maximum Gasteiger partial charge on any atom is 0.242 e. The van der Waals surface area contributed by atoms with Crippen molar-refractivity contribution in [3.05, 3.63) is 59.1 Å². The second-order valence-corrected chi connectivity index (χ2v) is 8.21. The largest absolute Gasteiger partial charge is 0.497 e. The Kier molecular flexibility index (Phi) is 10.3. The second-order valence-electron chi connectivity index (χ2n) is 7.77. The van der Waals surface area contributed by atoms with Crippen LogP contribution in [0.1, 0.15) is 45.6 Å². The van der Waals surface area contributed by atoms with Gasteiger partial charge in [-0.2, -0.15) is 0 Å². The Labute approximate surface area is 195 Å². The minimum atomic E-state index is -0.599. The lowest BCUT2D eigenvalue weighted by Gasteiger charge is -2.30. The lowest BCUT2D eigenvalue weighted by Crippen LogP contribution is -2.49. The molecule has 0 fully saturated rings. The summed E-state index contributed by atoms with van der Waals surface area (Å²) >= 11 is 6.11. The minimum absolute atomic E-state index is 0.0472. The summed E-state index contributed by atoms with van der Waals surface area (Å²) in [5, 5.41) is 3.56. The van der Waals surface area contributed by atoms with Crippen LogP contribution in [0.4, 0.5) is 0 Å². The van der Waals surface area contributed by atoms with Crippen molar-refractivity contribution in [3.63, 3.8) is 0 Å². The molecule has 0 saturated carbocycles. The van der Waals surface area contributed by atoms with E-state index in [2.05, 4.69) is 5.32 Å². The molecule has 2 aromatic rings. The molecule has 0 heterocycles. The van der Waals surface area contributed by atoms with Crippen LogP contribution in [0.15, 0.2) is 48.5 Å². The van der Waals surface area contributed by atoms with Crippen LogP contribution in [-0.2, 0) is 16.1 Å². The average molecular weight is 461 g/mol. The summed E-state index contributed by atoms with van der Waals surface area (Å²) in [6.45, 7) is 6.43. The molecule has 0 unspecified atom stereocenters. The van der Waals surface area contributed by atoms with Gasteiger partial charge in [0, 0.05) is 24.0 Å². The van der Waals surface area contributed by atoms with Gasteiger partial charge in [0.15, 0.2) is 0 Å². The van der Waals surface area contributed by atoms with E-state index in [-0.39, 0.29) is 24.3 Å². The first-order valence-electron chi connectivity index (χ1n) is 10.9. The number of hydrogen-bond acceptors (Lipinski definition) is 4. The summed E-state index contributed by atoms with van der Waals surface area (Å²) in [5.74, 6) is 1.21. The van der Waals surface area contributed by atoms with E-state index >= 15 is 0 Å². The molecule has 2 atom stereocenters. The third-order valence-electron chi connectivity index (χ3n) is 5.27. The van der Waals surface area contributed by atoms with Crippen molar-refractivity contribution in [3.8, 4) is 11.5 Å². The SMILES string of the molecule is CC[C@H](C)NC(=O)[C@@H](C)N(Cc1cccc(Cl)c1)C(=O)CCCOc1ccc(OC)cc1. The number of halogens is 1. The molecule has 1 N–H and O–H groups in total. The van der Waals surface area contributed by atoms with E-state index in [1.807, 2.05) is 56.3 Å². The van der Waals surface area contributed by atoms with E-state index < -0.39 is 6.04 Å². The van der Waals surface area contributed by atoms with Gasteiger partial charge in [-0.05, 0) is 68.7 Å². The lowest BCUT2D eigenvalue weighted by molar-refractivity contribution is -0.141. The molecule has 0 aliphatic rings. The van der Waals surface area contributed by atoms with Crippen LogP contribution in [0, 0.1) is 0 Å². The molecule has 2 amide bonds. The normalized spacial score (nSPS) is 12.5. The maximum absolute atomic E-state index is 13.1. The van der Waals surface area contributed by atoms with Gasteiger partial charge in [0.25, 0.3) is 0 Å². The van der Waals surface area contributed by atoms with E-state index in [1.54, 1.807) is 25.0 Å². The average Bonchev–Trinajstić information content (AvgIpc) is 2.80. The third-order valence-corrected chi connectivity index (χ3v) is 5.51. The minimum Gasteiger partial charge on any atom is -0.497 e. The first-order chi connectivity index (χ1) is 15.3. The molecule has 0 aromatic heterocycles. The Bertz CT molecular complexity index is 873. The van der Waals surface area contributed by atoms with Gasteiger partial charge in [0.1, 0.15) is 17.5 Å². The molecular weight excluding hydrogens is 428 g/mol. The number of nitrogens with zero attached hydrogens (tertiary/aromatic N) is 1. The van der Waals surface area contributed by atoms with Gasteiger partial charge in [0.05, 0.1) is 13.7 Å². The number of nitrogens with one attached hydrogen (secondary N) is 1. The number of methoxy groups -OCH3 is 1. The number of benzene rings is 2. The number of hydrogen-bond donors (Lipinski definition) is 1. The Balaban J connectivity index is 1.99. The summed E-state index contributed by atoms with van der Waals surface area (Å²) in [4.78, 5) is 27.4. The number of amides is 2. The number of ether oxygens (including phenoxy) is 2. The van der Waals surface area contributed by atoms with E-state index in [0.29, 0.717) is 24.6 Å². The number of carbonyl (C=O) groups is 2. The summed E-state index contributed by atoms with van der Waals surface area (Å²) < 4.78 is 10.9. The van der Waals surface area contributed by atoms with E-state index in [0.717, 1.165) is 23.5 Å². The highest BCUT2D eigenvalue weighted by Gasteiger charge is 2.26. The molecule has 0 aliphatic carbocycles. The Morgan fingerprint density at radius 3 is 2.41 bits per heavy atom. The van der Waals surface area contributed by atoms with E-state index in [9.17, 15) is 9.59 Å². The van der Waals surface area contributed by atoms with Crippen molar-refractivity contribution in [2.45, 2.75) is 58.7 Å². The van der Waals surface area contributed by atoms with Gasteiger partial charge in [-0.15, -0.1) is 0 Å². The van der Waals surface area contributed by atoms with Crippen LogP contribution in [0.5, 0.6) is 11.5 Å². The standard InChI is InChI=1S/C25H33ClN2O4/c1-5-18(2)27-25(30)19(3)28(17-20-8-6-9-21(26)16-20)24(29)10-7-15-32-23-13-11-22(31-4)12-14-23/h6,8-9,11-14,16,18-19H,5,7,10,15,17H2,1-4H3,(H,27,30)/t18-,19+/m0/s1. The predicted octanol–water partition coefficient (Wildman–Crippen LogP) is 4.84. The monoisotopic (exact) mass is 460 g/mol. The molecule has 6 nitrogen and oxygen atoms in total. The van der Waals surface area contributed by atoms with Crippen molar-refractivity contribution in [2.24, 2.45) is 0 Å². The zero-order valence-corrected chi connectivity index (χ0v) is 20.0. The number of rotatable bonds is 12. The molecule has 0 bridgehead atoms. The highest BCUT2D eigenvalue weighted by molar-refractivity contribution is 6.30. The summed E-state index contributed by atoms with van der Waals surface area (Å²) in [6.07, 6.45) is 1.64. The van der Waals surface area contributed by atoms with Crippen LogP contribution >= 0.6 is 11.6 Å². The van der Waals surface area contributed by atoms with Gasteiger partial charge in [0.2, 0.25) is 11.8 Å². The van der Waals surface area contributed by atoms with E-state index in [4.69, 9.17) is 21.1 Å². The van der Waals surface area contributed by atoms with E-state index in [1.165, 1.54) is 0 Å².